The van der Waals surface area contributed by atoms with Crippen LogP contribution in [0, 0.1) is 0 Å². The summed E-state index contributed by atoms with van der Waals surface area (Å²) in [5.74, 6) is 0.710. The summed E-state index contributed by atoms with van der Waals surface area (Å²) >= 11 is 5.69. The molecule has 1 aliphatic rings. The number of aromatic nitrogens is 2. The second-order valence-electron chi connectivity index (χ2n) is 6.48. The van der Waals surface area contributed by atoms with Crippen molar-refractivity contribution in [3.05, 3.63) is 17.3 Å². The third-order valence-corrected chi connectivity index (χ3v) is 3.59. The van der Waals surface area contributed by atoms with Gasteiger partial charge in [0.15, 0.2) is 5.15 Å². The monoisotopic (exact) mass is 341 g/mol. The smallest absolute Gasteiger partial charge is 0.410 e. The minimum atomic E-state index is -0.447. The summed E-state index contributed by atoms with van der Waals surface area (Å²) in [6.07, 6.45) is -0.230. The molecule has 1 N–H and O–H groups in total. The molecule has 0 aliphatic carbocycles. The van der Waals surface area contributed by atoms with Gasteiger partial charge in [-0.1, -0.05) is 11.6 Å². The fourth-order valence-electron chi connectivity index (χ4n) is 2.23. The molecule has 0 spiro atoms. The molecule has 0 bridgehead atoms. The predicted molar refractivity (Wildman–Crippen MR) is 89.8 cm³/mol. The molecule has 1 aromatic heterocycles. The van der Waals surface area contributed by atoms with Gasteiger partial charge in [-0.2, -0.15) is 0 Å². The van der Waals surface area contributed by atoms with Crippen LogP contribution in [0.5, 0.6) is 0 Å². The van der Waals surface area contributed by atoms with Crippen molar-refractivity contribution in [3.8, 4) is 0 Å². The lowest BCUT2D eigenvalue weighted by Crippen LogP contribution is -2.50. The van der Waals surface area contributed by atoms with Crippen LogP contribution in [0.1, 0.15) is 20.8 Å². The number of halogens is 1. The number of nitrogens with zero attached hydrogens (tertiary/aromatic N) is 4. The summed E-state index contributed by atoms with van der Waals surface area (Å²) in [5.41, 5.74) is -0.447. The summed E-state index contributed by atoms with van der Waals surface area (Å²) in [6, 6.07) is 3.51. The van der Waals surface area contributed by atoms with Crippen LogP contribution in [0.25, 0.3) is 0 Å². The van der Waals surface area contributed by atoms with Crippen molar-refractivity contribution in [1.29, 1.82) is 0 Å². The number of carbonyl (C=O) groups excluding carboxylic acids is 1. The van der Waals surface area contributed by atoms with Gasteiger partial charge in [0.2, 0.25) is 0 Å². The molecule has 0 aromatic carbocycles. The van der Waals surface area contributed by atoms with E-state index in [2.05, 4.69) is 20.4 Å². The Balaban J connectivity index is 1.66. The van der Waals surface area contributed by atoms with E-state index in [0.29, 0.717) is 24.1 Å². The third-order valence-electron chi connectivity index (χ3n) is 3.39. The van der Waals surface area contributed by atoms with Gasteiger partial charge in [-0.05, 0) is 32.9 Å². The second kappa shape index (κ2) is 7.79. The zero-order valence-electron chi connectivity index (χ0n) is 13.9. The molecular weight excluding hydrogens is 318 g/mol. The summed E-state index contributed by atoms with van der Waals surface area (Å²) in [6.45, 7) is 10.4. The van der Waals surface area contributed by atoms with Gasteiger partial charge in [-0.25, -0.2) is 4.79 Å². The molecule has 1 fully saturated rings. The van der Waals surface area contributed by atoms with Crippen molar-refractivity contribution in [2.75, 3.05) is 44.6 Å². The summed E-state index contributed by atoms with van der Waals surface area (Å²) in [5, 5.41) is 11.3. The highest BCUT2D eigenvalue weighted by atomic mass is 35.5. The van der Waals surface area contributed by atoms with Gasteiger partial charge in [-0.15, -0.1) is 10.2 Å². The number of rotatable bonds is 4. The normalized spacial score (nSPS) is 16.3. The summed E-state index contributed by atoms with van der Waals surface area (Å²) < 4.78 is 5.39. The highest BCUT2D eigenvalue weighted by Crippen LogP contribution is 2.12. The molecule has 1 saturated heterocycles. The van der Waals surface area contributed by atoms with Crippen molar-refractivity contribution in [1.82, 2.24) is 20.0 Å². The Morgan fingerprint density at radius 1 is 1.26 bits per heavy atom. The van der Waals surface area contributed by atoms with E-state index in [9.17, 15) is 4.79 Å². The molecule has 0 unspecified atom stereocenters. The first-order chi connectivity index (χ1) is 10.8. The predicted octanol–water partition coefficient (Wildman–Crippen LogP) is 2.09. The highest BCUT2D eigenvalue weighted by Gasteiger charge is 2.25. The molecule has 128 valence electrons. The third kappa shape index (κ3) is 6.19. The van der Waals surface area contributed by atoms with Crippen LogP contribution in [-0.4, -0.2) is 71.0 Å². The molecule has 7 nitrogen and oxygen atoms in total. The van der Waals surface area contributed by atoms with Gasteiger partial charge in [0.05, 0.1) is 0 Å². The quantitative estimate of drug-likeness (QED) is 0.904. The van der Waals surface area contributed by atoms with E-state index in [0.717, 1.165) is 26.2 Å². The number of hydrogen-bond acceptors (Lipinski definition) is 6. The molecule has 2 rings (SSSR count). The van der Waals surface area contributed by atoms with Crippen molar-refractivity contribution in [3.63, 3.8) is 0 Å². The fourth-order valence-corrected chi connectivity index (χ4v) is 2.33. The van der Waals surface area contributed by atoms with Crippen LogP contribution in [0.15, 0.2) is 12.1 Å². The minimum Gasteiger partial charge on any atom is -0.444 e. The minimum absolute atomic E-state index is 0.230. The number of piperazine rings is 1. The molecular formula is C15H24ClN5O2. The first-order valence-corrected chi connectivity index (χ1v) is 8.15. The van der Waals surface area contributed by atoms with Gasteiger partial charge in [-0.3, -0.25) is 4.90 Å². The Morgan fingerprint density at radius 3 is 2.52 bits per heavy atom. The summed E-state index contributed by atoms with van der Waals surface area (Å²) in [4.78, 5) is 16.1. The van der Waals surface area contributed by atoms with E-state index in [1.807, 2.05) is 20.8 Å². The van der Waals surface area contributed by atoms with Crippen LogP contribution in [-0.2, 0) is 4.74 Å². The topological polar surface area (TPSA) is 70.6 Å². The lowest BCUT2D eigenvalue weighted by atomic mass is 10.2. The molecule has 8 heteroatoms. The zero-order valence-corrected chi connectivity index (χ0v) is 14.6. The van der Waals surface area contributed by atoms with Gasteiger partial charge in [0, 0.05) is 39.3 Å². The zero-order chi connectivity index (χ0) is 16.9. The molecule has 23 heavy (non-hydrogen) atoms. The molecule has 0 radical (unpaired) electrons. The van der Waals surface area contributed by atoms with Crippen molar-refractivity contribution < 1.29 is 9.53 Å². The molecule has 1 aromatic rings. The Hall–Kier alpha value is -1.60. The highest BCUT2D eigenvalue weighted by molar-refractivity contribution is 6.29. The number of ether oxygens (including phenoxy) is 1. The summed E-state index contributed by atoms with van der Waals surface area (Å²) in [7, 11) is 0. The van der Waals surface area contributed by atoms with E-state index in [4.69, 9.17) is 16.3 Å². The SMILES string of the molecule is CC(C)(C)OC(=O)N1CCN(CCNc2ccc(Cl)nn2)CC1. The standard InChI is InChI=1S/C15H24ClN5O2/c1-15(2,3)23-14(22)21-10-8-20(9-11-21)7-6-17-13-5-4-12(16)18-19-13/h4-5H,6-11H2,1-3H3,(H,17,19). The maximum atomic E-state index is 12.0. The van der Waals surface area contributed by atoms with E-state index in [1.54, 1.807) is 17.0 Å². The number of anilines is 1. The number of carbonyl (C=O) groups is 1. The largest absolute Gasteiger partial charge is 0.444 e. The Morgan fingerprint density at radius 2 is 1.96 bits per heavy atom. The van der Waals surface area contributed by atoms with Crippen molar-refractivity contribution >= 4 is 23.5 Å². The molecule has 1 amide bonds. The Kier molecular flexibility index (Phi) is 6.01. The number of nitrogens with one attached hydrogen (secondary N) is 1. The average Bonchev–Trinajstić information content (AvgIpc) is 2.48. The van der Waals surface area contributed by atoms with Crippen molar-refractivity contribution in [2.45, 2.75) is 26.4 Å². The van der Waals surface area contributed by atoms with Crippen molar-refractivity contribution in [2.24, 2.45) is 0 Å². The van der Waals surface area contributed by atoms with E-state index in [-0.39, 0.29) is 6.09 Å². The lowest BCUT2D eigenvalue weighted by molar-refractivity contribution is 0.0148. The second-order valence-corrected chi connectivity index (χ2v) is 6.86. The number of hydrogen-bond donors (Lipinski definition) is 1. The lowest BCUT2D eigenvalue weighted by Gasteiger charge is -2.35. The maximum absolute atomic E-state index is 12.0. The Labute approximate surface area is 141 Å². The van der Waals surface area contributed by atoms with Gasteiger partial charge in [0.1, 0.15) is 11.4 Å². The van der Waals surface area contributed by atoms with Crippen LogP contribution in [0.3, 0.4) is 0 Å². The van der Waals surface area contributed by atoms with Crippen LogP contribution in [0.4, 0.5) is 10.6 Å². The number of amides is 1. The maximum Gasteiger partial charge on any atom is 0.410 e. The molecule has 0 saturated carbocycles. The van der Waals surface area contributed by atoms with Gasteiger partial charge in [0.25, 0.3) is 0 Å². The van der Waals surface area contributed by atoms with E-state index < -0.39 is 5.60 Å². The molecule has 0 atom stereocenters. The average molecular weight is 342 g/mol. The Bertz CT molecular complexity index is 510. The fraction of sp³-hybridized carbons (Fsp3) is 0.667. The van der Waals surface area contributed by atoms with Crippen LogP contribution >= 0.6 is 11.6 Å². The first-order valence-electron chi connectivity index (χ1n) is 7.77. The van der Waals surface area contributed by atoms with Crippen LogP contribution in [0.2, 0.25) is 5.15 Å². The molecule has 1 aliphatic heterocycles. The van der Waals surface area contributed by atoms with E-state index >= 15 is 0 Å². The van der Waals surface area contributed by atoms with Gasteiger partial charge < -0.3 is 15.0 Å². The van der Waals surface area contributed by atoms with Gasteiger partial charge >= 0.3 is 6.09 Å². The first kappa shape index (κ1) is 17.7. The molecule has 2 heterocycles. The van der Waals surface area contributed by atoms with E-state index in [1.165, 1.54) is 0 Å². The van der Waals surface area contributed by atoms with Crippen LogP contribution < -0.4 is 5.32 Å².